The SMILES string of the molecule is CCCCC(C(=O)N/N=C/c1cc(Cl)cc(Cl)c1O)C(=O)N/N=C/c1cc(Cl)cc(Cl)c1O. The summed E-state index contributed by atoms with van der Waals surface area (Å²) in [5.41, 5.74) is 4.90. The molecule has 4 N–H and O–H groups in total. The lowest BCUT2D eigenvalue weighted by Gasteiger charge is -2.13. The number of unbranched alkanes of at least 4 members (excludes halogenated alkanes) is 1. The second-order valence-corrected chi connectivity index (χ2v) is 8.50. The number of nitrogens with zero attached hydrogens (tertiary/aromatic N) is 2. The molecule has 0 radical (unpaired) electrons. The van der Waals surface area contributed by atoms with Crippen molar-refractivity contribution in [3.8, 4) is 11.5 Å². The van der Waals surface area contributed by atoms with Crippen LogP contribution < -0.4 is 10.9 Å². The minimum atomic E-state index is -1.09. The maximum atomic E-state index is 12.5. The highest BCUT2D eigenvalue weighted by Gasteiger charge is 2.26. The second-order valence-electron chi connectivity index (χ2n) is 6.81. The van der Waals surface area contributed by atoms with Crippen LogP contribution >= 0.6 is 46.4 Å². The number of phenols is 2. The Kier molecular flexibility index (Phi) is 10.2. The van der Waals surface area contributed by atoms with E-state index in [-0.39, 0.29) is 49.1 Å². The van der Waals surface area contributed by atoms with Gasteiger partial charge in [0.2, 0.25) is 0 Å². The Morgan fingerprint density at radius 1 is 0.879 bits per heavy atom. The van der Waals surface area contributed by atoms with Crippen LogP contribution in [0.1, 0.15) is 37.3 Å². The predicted molar refractivity (Wildman–Crippen MR) is 131 cm³/mol. The number of hydrogen-bond acceptors (Lipinski definition) is 6. The van der Waals surface area contributed by atoms with Crippen molar-refractivity contribution < 1.29 is 19.8 Å². The molecule has 0 atom stereocenters. The second kappa shape index (κ2) is 12.6. The Morgan fingerprint density at radius 3 is 1.70 bits per heavy atom. The first-order valence-corrected chi connectivity index (χ1v) is 11.2. The molecule has 0 bridgehead atoms. The van der Waals surface area contributed by atoms with Gasteiger partial charge in [0.1, 0.15) is 17.4 Å². The maximum absolute atomic E-state index is 12.5. The van der Waals surface area contributed by atoms with Gasteiger partial charge in [-0.05, 0) is 30.7 Å². The fourth-order valence-electron chi connectivity index (χ4n) is 2.64. The summed E-state index contributed by atoms with van der Waals surface area (Å²) in [6, 6.07) is 5.53. The van der Waals surface area contributed by atoms with Gasteiger partial charge in [-0.3, -0.25) is 9.59 Å². The molecular weight excluding hydrogens is 514 g/mol. The molecule has 0 aliphatic carbocycles. The van der Waals surface area contributed by atoms with Crippen LogP contribution in [0, 0.1) is 5.92 Å². The Bertz CT molecular complexity index is 1010. The van der Waals surface area contributed by atoms with Crippen molar-refractivity contribution >= 4 is 70.6 Å². The molecule has 0 spiro atoms. The molecule has 0 heterocycles. The van der Waals surface area contributed by atoms with Crippen LogP contribution in [0.4, 0.5) is 0 Å². The quantitative estimate of drug-likeness (QED) is 0.203. The third kappa shape index (κ3) is 7.78. The van der Waals surface area contributed by atoms with E-state index in [4.69, 9.17) is 46.4 Å². The van der Waals surface area contributed by atoms with Gasteiger partial charge in [-0.1, -0.05) is 66.2 Å². The van der Waals surface area contributed by atoms with Crippen molar-refractivity contribution in [1.82, 2.24) is 10.9 Å². The average molecular weight is 534 g/mol. The van der Waals surface area contributed by atoms with Crippen molar-refractivity contribution in [2.45, 2.75) is 26.2 Å². The molecule has 2 rings (SSSR count). The van der Waals surface area contributed by atoms with Gasteiger partial charge in [0.25, 0.3) is 11.8 Å². The van der Waals surface area contributed by atoms with Crippen LogP contribution in [0.25, 0.3) is 0 Å². The van der Waals surface area contributed by atoms with Crippen LogP contribution in [0.3, 0.4) is 0 Å². The highest BCUT2D eigenvalue weighted by atomic mass is 35.5. The van der Waals surface area contributed by atoms with Crippen LogP contribution in [0.2, 0.25) is 20.1 Å². The summed E-state index contributed by atoms with van der Waals surface area (Å²) in [5, 5.41) is 28.0. The predicted octanol–water partition coefficient (Wildman–Crippen LogP) is 5.12. The molecule has 12 heteroatoms. The third-order valence-electron chi connectivity index (χ3n) is 4.35. The van der Waals surface area contributed by atoms with Crippen LogP contribution in [0.5, 0.6) is 11.5 Å². The fourth-order valence-corrected chi connectivity index (χ4v) is 3.66. The Morgan fingerprint density at radius 2 is 1.30 bits per heavy atom. The smallest absolute Gasteiger partial charge is 0.252 e. The number of rotatable bonds is 9. The van der Waals surface area contributed by atoms with E-state index >= 15 is 0 Å². The lowest BCUT2D eigenvalue weighted by atomic mass is 10.0. The normalized spacial score (nSPS) is 11.5. The zero-order chi connectivity index (χ0) is 24.5. The average Bonchev–Trinajstić information content (AvgIpc) is 2.75. The number of amides is 2. The highest BCUT2D eigenvalue weighted by molar-refractivity contribution is 6.36. The Labute approximate surface area is 210 Å². The van der Waals surface area contributed by atoms with Crippen molar-refractivity contribution in [2.75, 3.05) is 0 Å². The monoisotopic (exact) mass is 532 g/mol. The summed E-state index contributed by atoms with van der Waals surface area (Å²) in [7, 11) is 0. The molecule has 0 aliphatic rings. The van der Waals surface area contributed by atoms with Gasteiger partial charge >= 0.3 is 0 Å². The molecule has 33 heavy (non-hydrogen) atoms. The number of nitrogens with one attached hydrogen (secondary N) is 2. The van der Waals surface area contributed by atoms with Gasteiger partial charge in [0.05, 0.1) is 22.5 Å². The van der Waals surface area contributed by atoms with E-state index in [2.05, 4.69) is 21.1 Å². The van der Waals surface area contributed by atoms with E-state index in [1.807, 2.05) is 6.92 Å². The number of benzene rings is 2. The molecule has 2 amide bonds. The molecule has 0 aliphatic heterocycles. The minimum Gasteiger partial charge on any atom is -0.506 e. The summed E-state index contributed by atoms with van der Waals surface area (Å²) < 4.78 is 0. The molecule has 2 aromatic carbocycles. The lowest BCUT2D eigenvalue weighted by Crippen LogP contribution is -2.38. The summed E-state index contributed by atoms with van der Waals surface area (Å²) in [6.45, 7) is 1.92. The first-order valence-electron chi connectivity index (χ1n) is 9.65. The maximum Gasteiger partial charge on any atom is 0.252 e. The Hall–Kier alpha value is -2.52. The standard InChI is InChI=1S/C21H20Cl4N4O4/c1-2-3-4-15(20(32)28-26-9-11-5-13(22)7-16(24)18(11)30)21(33)29-27-10-12-6-14(23)8-17(25)19(12)31/h5-10,15,30-31H,2-4H2,1H3,(H,28,32)(H,29,33)/b26-9+,27-10+. The topological polar surface area (TPSA) is 123 Å². The van der Waals surface area contributed by atoms with Crippen molar-refractivity contribution in [1.29, 1.82) is 0 Å². The van der Waals surface area contributed by atoms with Crippen molar-refractivity contribution in [3.05, 3.63) is 55.5 Å². The van der Waals surface area contributed by atoms with E-state index in [1.54, 1.807) is 0 Å². The molecule has 0 unspecified atom stereocenters. The van der Waals surface area contributed by atoms with Crippen molar-refractivity contribution in [2.24, 2.45) is 16.1 Å². The van der Waals surface area contributed by atoms with E-state index < -0.39 is 17.7 Å². The van der Waals surface area contributed by atoms with Crippen LogP contribution in [0.15, 0.2) is 34.5 Å². The van der Waals surface area contributed by atoms with Gasteiger partial charge in [-0.15, -0.1) is 0 Å². The number of carbonyl (C=O) groups excluding carboxylic acids is 2. The van der Waals surface area contributed by atoms with E-state index in [1.165, 1.54) is 24.3 Å². The zero-order valence-corrected chi connectivity index (χ0v) is 20.3. The van der Waals surface area contributed by atoms with Gasteiger partial charge in [-0.25, -0.2) is 10.9 Å². The molecule has 176 valence electrons. The number of hydrogen-bond donors (Lipinski definition) is 4. The van der Waals surface area contributed by atoms with Gasteiger partial charge in [0, 0.05) is 21.2 Å². The highest BCUT2D eigenvalue weighted by Crippen LogP contribution is 2.30. The van der Waals surface area contributed by atoms with E-state index in [0.717, 1.165) is 18.9 Å². The van der Waals surface area contributed by atoms with Gasteiger partial charge in [-0.2, -0.15) is 10.2 Å². The number of halogens is 4. The number of phenolic OH excluding ortho intramolecular Hbond substituents is 2. The fraction of sp³-hybridized carbons (Fsp3) is 0.238. The van der Waals surface area contributed by atoms with Crippen LogP contribution in [-0.2, 0) is 9.59 Å². The summed E-state index contributed by atoms with van der Waals surface area (Å²) in [6.07, 6.45) is 3.93. The van der Waals surface area contributed by atoms with Crippen LogP contribution in [-0.4, -0.2) is 34.5 Å². The third-order valence-corrected chi connectivity index (χ3v) is 5.36. The van der Waals surface area contributed by atoms with Gasteiger partial charge < -0.3 is 10.2 Å². The first-order chi connectivity index (χ1) is 15.6. The molecular formula is C21H20Cl4N4O4. The number of aromatic hydroxyl groups is 2. The molecule has 0 fully saturated rings. The molecule has 0 saturated carbocycles. The molecule has 2 aromatic rings. The Balaban J connectivity index is 2.08. The molecule has 8 nitrogen and oxygen atoms in total. The first kappa shape index (κ1) is 26.7. The van der Waals surface area contributed by atoms with E-state index in [0.29, 0.717) is 6.42 Å². The van der Waals surface area contributed by atoms with Gasteiger partial charge in [0.15, 0.2) is 0 Å². The summed E-state index contributed by atoms with van der Waals surface area (Å²) >= 11 is 23.5. The summed E-state index contributed by atoms with van der Waals surface area (Å²) in [4.78, 5) is 25.1. The zero-order valence-electron chi connectivity index (χ0n) is 17.3. The molecule has 0 aromatic heterocycles. The number of carbonyl (C=O) groups is 2. The lowest BCUT2D eigenvalue weighted by molar-refractivity contribution is -0.135. The molecule has 0 saturated heterocycles. The van der Waals surface area contributed by atoms with Crippen molar-refractivity contribution in [3.63, 3.8) is 0 Å². The largest absolute Gasteiger partial charge is 0.506 e. The van der Waals surface area contributed by atoms with E-state index in [9.17, 15) is 19.8 Å². The summed E-state index contributed by atoms with van der Waals surface area (Å²) in [5.74, 6) is -2.94. The number of hydrazone groups is 2. The minimum absolute atomic E-state index is 0.0281.